The Bertz CT molecular complexity index is 502. The van der Waals surface area contributed by atoms with Gasteiger partial charge in [-0.1, -0.05) is 6.07 Å². The second-order valence-corrected chi connectivity index (χ2v) is 4.91. The Morgan fingerprint density at radius 2 is 2.41 bits per heavy atom. The van der Waals surface area contributed by atoms with Gasteiger partial charge in [-0.15, -0.1) is 11.3 Å². The van der Waals surface area contributed by atoms with E-state index in [2.05, 4.69) is 16.5 Å². The number of nitrogens with zero attached hydrogens (tertiary/aromatic N) is 2. The lowest BCUT2D eigenvalue weighted by atomic mass is 10.3. The molecule has 0 spiro atoms. The smallest absolute Gasteiger partial charge is 0.269 e. The van der Waals surface area contributed by atoms with Crippen molar-refractivity contribution in [1.82, 2.24) is 15.1 Å². The number of thiophene rings is 1. The van der Waals surface area contributed by atoms with Crippen molar-refractivity contribution in [3.8, 4) is 0 Å². The number of nitrogens with one attached hydrogen (secondary N) is 1. The van der Waals surface area contributed by atoms with Crippen LogP contribution in [-0.4, -0.2) is 22.2 Å². The van der Waals surface area contributed by atoms with Crippen LogP contribution in [0.2, 0.25) is 0 Å². The molecule has 0 saturated heterocycles. The predicted octanol–water partition coefficient (Wildman–Crippen LogP) is 1.76. The molecule has 0 aromatic carbocycles. The summed E-state index contributed by atoms with van der Waals surface area (Å²) < 4.78 is 1.61. The fraction of sp³-hybridized carbons (Fsp3) is 0.333. The molecule has 5 heteroatoms. The summed E-state index contributed by atoms with van der Waals surface area (Å²) in [5, 5.41) is 9.09. The normalized spacial score (nSPS) is 10.5. The van der Waals surface area contributed by atoms with E-state index in [4.69, 9.17) is 0 Å². The van der Waals surface area contributed by atoms with Crippen LogP contribution in [0.1, 0.15) is 21.1 Å². The number of hydrogen-bond acceptors (Lipinski definition) is 3. The van der Waals surface area contributed by atoms with Crippen LogP contribution in [0.4, 0.5) is 0 Å². The van der Waals surface area contributed by atoms with Crippen molar-refractivity contribution in [3.63, 3.8) is 0 Å². The number of carbonyl (C=O) groups is 1. The van der Waals surface area contributed by atoms with Crippen LogP contribution in [0.25, 0.3) is 0 Å². The minimum atomic E-state index is -0.0651. The van der Waals surface area contributed by atoms with Crippen LogP contribution in [0.5, 0.6) is 0 Å². The molecule has 0 aliphatic heterocycles. The van der Waals surface area contributed by atoms with Crippen molar-refractivity contribution < 1.29 is 4.79 Å². The molecule has 0 unspecified atom stereocenters. The van der Waals surface area contributed by atoms with Gasteiger partial charge in [0.15, 0.2) is 0 Å². The van der Waals surface area contributed by atoms with E-state index < -0.39 is 0 Å². The summed E-state index contributed by atoms with van der Waals surface area (Å²) in [7, 11) is 1.78. The van der Waals surface area contributed by atoms with Gasteiger partial charge in [-0.3, -0.25) is 9.48 Å². The first-order chi connectivity index (χ1) is 8.16. The lowest BCUT2D eigenvalue weighted by Crippen LogP contribution is -2.27. The van der Waals surface area contributed by atoms with Crippen LogP contribution in [0, 0.1) is 6.92 Å². The van der Waals surface area contributed by atoms with Gasteiger partial charge in [-0.25, -0.2) is 0 Å². The number of amides is 1. The van der Waals surface area contributed by atoms with Gasteiger partial charge in [0.25, 0.3) is 5.91 Å². The third kappa shape index (κ3) is 2.94. The molecule has 90 valence electrons. The van der Waals surface area contributed by atoms with Crippen LogP contribution in [-0.2, 0) is 13.5 Å². The summed E-state index contributed by atoms with van der Waals surface area (Å²) in [6, 6.07) is 5.89. The zero-order valence-corrected chi connectivity index (χ0v) is 10.8. The molecule has 4 nitrogen and oxygen atoms in total. The minimum absolute atomic E-state index is 0.0651. The van der Waals surface area contributed by atoms with Crippen molar-refractivity contribution >= 4 is 17.2 Å². The molecule has 2 rings (SSSR count). The molecule has 0 radical (unpaired) electrons. The monoisotopic (exact) mass is 249 g/mol. The van der Waals surface area contributed by atoms with E-state index >= 15 is 0 Å². The molecule has 1 N–H and O–H groups in total. The van der Waals surface area contributed by atoms with Crippen LogP contribution in [0.15, 0.2) is 23.6 Å². The number of hydrogen-bond donors (Lipinski definition) is 1. The molecule has 0 fully saturated rings. The Labute approximate surface area is 104 Å². The van der Waals surface area contributed by atoms with Gasteiger partial charge in [0, 0.05) is 18.5 Å². The molecular formula is C12H15N3OS. The van der Waals surface area contributed by atoms with E-state index in [-0.39, 0.29) is 5.91 Å². The van der Waals surface area contributed by atoms with Gasteiger partial charge in [-0.05, 0) is 30.9 Å². The zero-order chi connectivity index (χ0) is 12.3. The van der Waals surface area contributed by atoms with Gasteiger partial charge < -0.3 is 5.32 Å². The second-order valence-electron chi connectivity index (χ2n) is 3.88. The Morgan fingerprint density at radius 1 is 1.59 bits per heavy atom. The largest absolute Gasteiger partial charge is 0.350 e. The Balaban J connectivity index is 1.87. The number of aromatic nitrogens is 2. The molecular weight excluding hydrogens is 234 g/mol. The molecule has 2 heterocycles. The first kappa shape index (κ1) is 11.9. The standard InChI is InChI=1S/C12H15N3OS/c1-9-8-11(15(2)14-9)12(16)13-6-5-10-4-3-7-17-10/h3-4,7-8H,5-6H2,1-2H3,(H,13,16). The highest BCUT2D eigenvalue weighted by Crippen LogP contribution is 2.08. The quantitative estimate of drug-likeness (QED) is 0.897. The Morgan fingerprint density at radius 3 is 3.00 bits per heavy atom. The lowest BCUT2D eigenvalue weighted by molar-refractivity contribution is 0.0945. The fourth-order valence-electron chi connectivity index (χ4n) is 1.67. The average molecular weight is 249 g/mol. The summed E-state index contributed by atoms with van der Waals surface area (Å²) >= 11 is 1.71. The maximum absolute atomic E-state index is 11.8. The van der Waals surface area contributed by atoms with Gasteiger partial charge >= 0.3 is 0 Å². The van der Waals surface area contributed by atoms with Crippen molar-refractivity contribution in [2.75, 3.05) is 6.54 Å². The summed E-state index contributed by atoms with van der Waals surface area (Å²) in [6.07, 6.45) is 0.875. The fourth-order valence-corrected chi connectivity index (χ4v) is 2.38. The molecule has 2 aromatic rings. The molecule has 1 amide bonds. The SMILES string of the molecule is Cc1cc(C(=O)NCCc2cccs2)n(C)n1. The summed E-state index contributed by atoms with van der Waals surface area (Å²) in [4.78, 5) is 13.1. The average Bonchev–Trinajstić information content (AvgIpc) is 2.88. The second kappa shape index (κ2) is 5.14. The van der Waals surface area contributed by atoms with Gasteiger partial charge in [0.1, 0.15) is 5.69 Å². The van der Waals surface area contributed by atoms with Crippen molar-refractivity contribution in [1.29, 1.82) is 0 Å². The van der Waals surface area contributed by atoms with Gasteiger partial charge in [0.2, 0.25) is 0 Å². The van der Waals surface area contributed by atoms with E-state index in [1.807, 2.05) is 18.4 Å². The van der Waals surface area contributed by atoms with E-state index in [0.717, 1.165) is 12.1 Å². The first-order valence-corrected chi connectivity index (χ1v) is 6.36. The summed E-state index contributed by atoms with van der Waals surface area (Å²) in [5.74, 6) is -0.0651. The van der Waals surface area contributed by atoms with Crippen LogP contribution < -0.4 is 5.32 Å². The molecule has 17 heavy (non-hydrogen) atoms. The highest BCUT2D eigenvalue weighted by atomic mass is 32.1. The molecule has 0 aliphatic carbocycles. The van der Waals surface area contributed by atoms with Crippen molar-refractivity contribution in [2.45, 2.75) is 13.3 Å². The number of rotatable bonds is 4. The highest BCUT2D eigenvalue weighted by Gasteiger charge is 2.10. The van der Waals surface area contributed by atoms with E-state index in [9.17, 15) is 4.79 Å². The van der Waals surface area contributed by atoms with Crippen LogP contribution >= 0.6 is 11.3 Å². The third-order valence-corrected chi connectivity index (χ3v) is 3.41. The Hall–Kier alpha value is -1.62. The zero-order valence-electron chi connectivity index (χ0n) is 9.93. The summed E-state index contributed by atoms with van der Waals surface area (Å²) in [5.41, 5.74) is 1.46. The number of carbonyl (C=O) groups excluding carboxylic acids is 1. The van der Waals surface area contributed by atoms with E-state index in [1.54, 1.807) is 29.1 Å². The highest BCUT2D eigenvalue weighted by molar-refractivity contribution is 7.09. The van der Waals surface area contributed by atoms with Crippen molar-refractivity contribution in [2.24, 2.45) is 7.05 Å². The molecule has 0 bridgehead atoms. The molecule has 0 aliphatic rings. The first-order valence-electron chi connectivity index (χ1n) is 5.48. The molecule has 0 atom stereocenters. The minimum Gasteiger partial charge on any atom is -0.350 e. The van der Waals surface area contributed by atoms with E-state index in [0.29, 0.717) is 12.2 Å². The summed E-state index contributed by atoms with van der Waals surface area (Å²) in [6.45, 7) is 2.53. The maximum atomic E-state index is 11.8. The third-order valence-electron chi connectivity index (χ3n) is 2.47. The van der Waals surface area contributed by atoms with Gasteiger partial charge in [0.05, 0.1) is 5.69 Å². The Kier molecular flexibility index (Phi) is 3.58. The van der Waals surface area contributed by atoms with Crippen molar-refractivity contribution in [3.05, 3.63) is 39.8 Å². The molecule has 0 saturated carbocycles. The lowest BCUT2D eigenvalue weighted by Gasteiger charge is -2.03. The van der Waals surface area contributed by atoms with Gasteiger partial charge in [-0.2, -0.15) is 5.10 Å². The topological polar surface area (TPSA) is 46.9 Å². The predicted molar refractivity (Wildman–Crippen MR) is 68.3 cm³/mol. The maximum Gasteiger partial charge on any atom is 0.269 e. The van der Waals surface area contributed by atoms with Crippen LogP contribution in [0.3, 0.4) is 0 Å². The molecule has 2 aromatic heterocycles. The number of aryl methyl sites for hydroxylation is 2. The van der Waals surface area contributed by atoms with E-state index in [1.165, 1.54) is 4.88 Å².